The standard InChI is InChI=1S/C13H13NO4/c1-8(15)14-10(7-13(16)17)12-6-9-4-2-3-5-11(9)18-12/h2-6,10H,7H2,1H3,(H,14,15)(H,16,17). The molecule has 0 aliphatic heterocycles. The SMILES string of the molecule is CC(=O)NC(CC(=O)O)c1cc2ccccc2o1. The van der Waals surface area contributed by atoms with E-state index in [1.165, 1.54) is 6.92 Å². The van der Waals surface area contributed by atoms with Crippen molar-refractivity contribution >= 4 is 22.8 Å². The van der Waals surface area contributed by atoms with Crippen LogP contribution in [0.5, 0.6) is 0 Å². The molecule has 1 aromatic carbocycles. The van der Waals surface area contributed by atoms with Crippen molar-refractivity contribution in [2.75, 3.05) is 0 Å². The predicted molar refractivity (Wildman–Crippen MR) is 65.0 cm³/mol. The first-order chi connectivity index (χ1) is 8.56. The Labute approximate surface area is 103 Å². The van der Waals surface area contributed by atoms with E-state index in [0.717, 1.165) is 5.39 Å². The summed E-state index contributed by atoms with van der Waals surface area (Å²) < 4.78 is 5.55. The molecule has 0 bridgehead atoms. The number of carbonyl (C=O) groups is 2. The lowest BCUT2D eigenvalue weighted by atomic mass is 10.1. The van der Waals surface area contributed by atoms with E-state index in [-0.39, 0.29) is 12.3 Å². The van der Waals surface area contributed by atoms with Crippen LogP contribution in [0.15, 0.2) is 34.7 Å². The number of benzene rings is 1. The van der Waals surface area contributed by atoms with Gasteiger partial charge in [-0.25, -0.2) is 0 Å². The Morgan fingerprint density at radius 1 is 1.39 bits per heavy atom. The molecule has 2 aromatic rings. The number of carboxylic acid groups (broad SMARTS) is 1. The summed E-state index contributed by atoms with van der Waals surface area (Å²) >= 11 is 0. The Morgan fingerprint density at radius 3 is 2.72 bits per heavy atom. The van der Waals surface area contributed by atoms with Gasteiger partial charge in [-0.15, -0.1) is 0 Å². The van der Waals surface area contributed by atoms with Gasteiger partial charge in [-0.2, -0.15) is 0 Å². The first kappa shape index (κ1) is 12.2. The molecule has 0 saturated carbocycles. The quantitative estimate of drug-likeness (QED) is 0.866. The minimum atomic E-state index is -0.991. The van der Waals surface area contributed by atoms with Gasteiger partial charge in [-0.05, 0) is 12.1 Å². The molecule has 5 heteroatoms. The largest absolute Gasteiger partial charge is 0.481 e. The van der Waals surface area contributed by atoms with Crippen molar-refractivity contribution in [3.05, 3.63) is 36.1 Å². The highest BCUT2D eigenvalue weighted by molar-refractivity contribution is 5.79. The molecule has 5 nitrogen and oxygen atoms in total. The summed E-state index contributed by atoms with van der Waals surface area (Å²) in [5, 5.41) is 12.3. The summed E-state index contributed by atoms with van der Waals surface area (Å²) in [6.07, 6.45) is -0.209. The summed E-state index contributed by atoms with van der Waals surface area (Å²) in [7, 11) is 0. The van der Waals surface area contributed by atoms with Crippen LogP contribution in [0, 0.1) is 0 Å². The monoisotopic (exact) mass is 247 g/mol. The first-order valence-electron chi connectivity index (χ1n) is 5.53. The van der Waals surface area contributed by atoms with Gasteiger partial charge in [0.1, 0.15) is 11.3 Å². The fourth-order valence-corrected chi connectivity index (χ4v) is 1.82. The van der Waals surface area contributed by atoms with Gasteiger partial charge in [0.2, 0.25) is 5.91 Å². The van der Waals surface area contributed by atoms with Gasteiger partial charge in [0, 0.05) is 12.3 Å². The molecular formula is C13H13NO4. The van der Waals surface area contributed by atoms with Crippen molar-refractivity contribution in [1.82, 2.24) is 5.32 Å². The first-order valence-corrected chi connectivity index (χ1v) is 5.53. The number of amides is 1. The molecule has 1 heterocycles. The number of nitrogens with one attached hydrogen (secondary N) is 1. The van der Waals surface area contributed by atoms with Crippen molar-refractivity contribution in [3.8, 4) is 0 Å². The second-order valence-corrected chi connectivity index (χ2v) is 4.04. The van der Waals surface area contributed by atoms with Gasteiger partial charge < -0.3 is 14.8 Å². The van der Waals surface area contributed by atoms with Crippen molar-refractivity contribution in [1.29, 1.82) is 0 Å². The third-order valence-electron chi connectivity index (χ3n) is 2.54. The van der Waals surface area contributed by atoms with Crippen LogP contribution in [0.1, 0.15) is 25.1 Å². The average molecular weight is 247 g/mol. The van der Waals surface area contributed by atoms with E-state index in [2.05, 4.69) is 5.32 Å². The Hall–Kier alpha value is -2.30. The molecular weight excluding hydrogens is 234 g/mol. The third-order valence-corrected chi connectivity index (χ3v) is 2.54. The van der Waals surface area contributed by atoms with Gasteiger partial charge in [0.05, 0.1) is 12.5 Å². The van der Waals surface area contributed by atoms with Crippen LogP contribution in [-0.2, 0) is 9.59 Å². The summed E-state index contributed by atoms with van der Waals surface area (Å²) in [4.78, 5) is 21.9. The number of fused-ring (bicyclic) bond motifs is 1. The van der Waals surface area contributed by atoms with E-state index >= 15 is 0 Å². The molecule has 0 saturated heterocycles. The topological polar surface area (TPSA) is 79.5 Å². The lowest BCUT2D eigenvalue weighted by molar-refractivity contribution is -0.137. The van der Waals surface area contributed by atoms with Crippen LogP contribution in [0.4, 0.5) is 0 Å². The molecule has 2 N–H and O–H groups in total. The van der Waals surface area contributed by atoms with E-state index in [4.69, 9.17) is 9.52 Å². The van der Waals surface area contributed by atoms with Crippen LogP contribution < -0.4 is 5.32 Å². The molecule has 1 atom stereocenters. The second kappa shape index (κ2) is 4.91. The zero-order chi connectivity index (χ0) is 13.1. The van der Waals surface area contributed by atoms with Crippen molar-refractivity contribution in [2.45, 2.75) is 19.4 Å². The fourth-order valence-electron chi connectivity index (χ4n) is 1.82. The molecule has 0 fully saturated rings. The maximum Gasteiger partial charge on any atom is 0.305 e. The number of rotatable bonds is 4. The zero-order valence-electron chi connectivity index (χ0n) is 9.84. The highest BCUT2D eigenvalue weighted by atomic mass is 16.4. The number of hydrogen-bond acceptors (Lipinski definition) is 3. The van der Waals surface area contributed by atoms with E-state index in [9.17, 15) is 9.59 Å². The molecule has 1 amide bonds. The van der Waals surface area contributed by atoms with E-state index in [1.807, 2.05) is 18.2 Å². The van der Waals surface area contributed by atoms with Gasteiger partial charge >= 0.3 is 5.97 Å². The normalized spacial score (nSPS) is 12.3. The molecule has 1 unspecified atom stereocenters. The fraction of sp³-hybridized carbons (Fsp3) is 0.231. The minimum absolute atomic E-state index is 0.209. The Morgan fingerprint density at radius 2 is 2.11 bits per heavy atom. The summed E-state index contributed by atoms with van der Waals surface area (Å²) in [6, 6.07) is 8.47. The molecule has 2 rings (SSSR count). The van der Waals surface area contributed by atoms with Crippen molar-refractivity contribution in [2.24, 2.45) is 0 Å². The predicted octanol–water partition coefficient (Wildman–Crippen LogP) is 2.08. The van der Waals surface area contributed by atoms with Crippen molar-refractivity contribution in [3.63, 3.8) is 0 Å². The molecule has 0 aliphatic rings. The number of carbonyl (C=O) groups excluding carboxylic acids is 1. The van der Waals surface area contributed by atoms with Gasteiger partial charge in [0.25, 0.3) is 0 Å². The third kappa shape index (κ3) is 2.68. The number of hydrogen-bond donors (Lipinski definition) is 2. The highest BCUT2D eigenvalue weighted by Crippen LogP contribution is 2.25. The summed E-state index contributed by atoms with van der Waals surface area (Å²) in [6.45, 7) is 1.34. The van der Waals surface area contributed by atoms with Gasteiger partial charge in [0.15, 0.2) is 0 Å². The van der Waals surface area contributed by atoms with Crippen LogP contribution in [0.3, 0.4) is 0 Å². The molecule has 18 heavy (non-hydrogen) atoms. The second-order valence-electron chi connectivity index (χ2n) is 4.04. The number of para-hydroxylation sites is 1. The van der Waals surface area contributed by atoms with Gasteiger partial charge in [-0.1, -0.05) is 18.2 Å². The lowest BCUT2D eigenvalue weighted by Crippen LogP contribution is -2.27. The van der Waals surface area contributed by atoms with Crippen LogP contribution in [-0.4, -0.2) is 17.0 Å². The molecule has 94 valence electrons. The maximum absolute atomic E-state index is 11.1. The van der Waals surface area contributed by atoms with Gasteiger partial charge in [-0.3, -0.25) is 9.59 Å². The maximum atomic E-state index is 11.1. The highest BCUT2D eigenvalue weighted by Gasteiger charge is 2.20. The lowest BCUT2D eigenvalue weighted by Gasteiger charge is -2.12. The van der Waals surface area contributed by atoms with E-state index < -0.39 is 12.0 Å². The smallest absolute Gasteiger partial charge is 0.305 e. The van der Waals surface area contributed by atoms with Crippen LogP contribution >= 0.6 is 0 Å². The molecule has 0 spiro atoms. The Kier molecular flexibility index (Phi) is 3.32. The number of carboxylic acids is 1. The molecule has 0 radical (unpaired) electrons. The minimum Gasteiger partial charge on any atom is -0.481 e. The number of aliphatic carboxylic acids is 1. The van der Waals surface area contributed by atoms with Crippen LogP contribution in [0.2, 0.25) is 0 Å². The van der Waals surface area contributed by atoms with E-state index in [1.54, 1.807) is 12.1 Å². The average Bonchev–Trinajstić information content (AvgIpc) is 2.70. The summed E-state index contributed by atoms with van der Waals surface area (Å²) in [5.74, 6) is -0.829. The zero-order valence-corrected chi connectivity index (χ0v) is 9.84. The van der Waals surface area contributed by atoms with Crippen LogP contribution in [0.25, 0.3) is 11.0 Å². The van der Waals surface area contributed by atoms with E-state index in [0.29, 0.717) is 11.3 Å². The molecule has 1 aromatic heterocycles. The number of furan rings is 1. The molecule has 0 aliphatic carbocycles. The van der Waals surface area contributed by atoms with Crippen molar-refractivity contribution < 1.29 is 19.1 Å². The Balaban J connectivity index is 2.33. The summed E-state index contributed by atoms with van der Waals surface area (Å²) in [5.41, 5.74) is 0.674. The Bertz CT molecular complexity index is 538.